The van der Waals surface area contributed by atoms with Crippen LogP contribution in [0.15, 0.2) is 65.2 Å². The maximum Gasteiger partial charge on any atom is 0.236 e. The van der Waals surface area contributed by atoms with E-state index < -0.39 is 0 Å². The first kappa shape index (κ1) is 16.2. The molecule has 0 atom stereocenters. The number of hydrogen-bond donors (Lipinski definition) is 0. The highest BCUT2D eigenvalue weighted by molar-refractivity contribution is 7.13. The molecule has 4 rings (SSSR count). The molecule has 0 aliphatic rings. The number of rotatable bonds is 4. The Labute approximate surface area is 148 Å². The van der Waals surface area contributed by atoms with Gasteiger partial charge in [-0.3, -0.25) is 9.47 Å². The molecule has 4 heterocycles. The Morgan fingerprint density at radius 2 is 2.17 bits per heavy atom. The summed E-state index contributed by atoms with van der Waals surface area (Å²) >= 11 is 1.65. The van der Waals surface area contributed by atoms with Crippen molar-refractivity contribution in [3.63, 3.8) is 0 Å². The summed E-state index contributed by atoms with van der Waals surface area (Å²) < 4.78 is 7.28. The van der Waals surface area contributed by atoms with E-state index in [1.807, 2.05) is 47.9 Å². The molecule has 24 heavy (non-hydrogen) atoms. The van der Waals surface area contributed by atoms with Crippen LogP contribution >= 0.6 is 23.7 Å². The topological polar surface area (TPSA) is 60.0 Å². The number of hydrogen-bond acceptors (Lipinski definition) is 6. The van der Waals surface area contributed by atoms with Crippen LogP contribution in [0, 0.1) is 0 Å². The lowest BCUT2D eigenvalue weighted by Crippen LogP contribution is -2.14. The van der Waals surface area contributed by atoms with Gasteiger partial charge in [0.15, 0.2) is 0 Å². The second kappa shape index (κ2) is 6.86. The van der Waals surface area contributed by atoms with E-state index in [1.54, 1.807) is 34.7 Å². The van der Waals surface area contributed by atoms with E-state index in [1.165, 1.54) is 0 Å². The molecule has 0 bridgehead atoms. The Morgan fingerprint density at radius 1 is 1.25 bits per heavy atom. The third kappa shape index (κ3) is 2.91. The fourth-order valence-electron chi connectivity index (χ4n) is 2.29. The first-order chi connectivity index (χ1) is 11.3. The first-order valence-electron chi connectivity index (χ1n) is 6.99. The Hall–Kier alpha value is -2.64. The fraction of sp³-hybridized carbons (Fsp3) is 0.0625. The molecule has 8 heteroatoms. The highest BCUT2D eigenvalue weighted by atomic mass is 35.5. The lowest BCUT2D eigenvalue weighted by molar-refractivity contribution is 0.569. The van der Waals surface area contributed by atoms with Crippen molar-refractivity contribution >= 4 is 35.4 Å². The van der Waals surface area contributed by atoms with Gasteiger partial charge in [-0.2, -0.15) is 4.98 Å². The van der Waals surface area contributed by atoms with Crippen molar-refractivity contribution in [1.82, 2.24) is 19.5 Å². The summed E-state index contributed by atoms with van der Waals surface area (Å²) in [6, 6.07) is 7.83. The molecule has 0 radical (unpaired) electrons. The highest BCUT2D eigenvalue weighted by Crippen LogP contribution is 2.35. The fourth-order valence-corrected chi connectivity index (χ4v) is 3.02. The molecule has 0 aliphatic heterocycles. The van der Waals surface area contributed by atoms with Crippen molar-refractivity contribution in [3.05, 3.63) is 60.8 Å². The Balaban J connectivity index is 0.00000169. The maximum absolute atomic E-state index is 5.50. The first-order valence-corrected chi connectivity index (χ1v) is 7.87. The quantitative estimate of drug-likeness (QED) is 0.547. The van der Waals surface area contributed by atoms with Crippen LogP contribution in [0.3, 0.4) is 0 Å². The zero-order valence-corrected chi connectivity index (χ0v) is 14.4. The molecule has 0 saturated carbocycles. The molecule has 4 aromatic heterocycles. The highest BCUT2D eigenvalue weighted by Gasteiger charge is 2.17. The van der Waals surface area contributed by atoms with E-state index in [9.17, 15) is 0 Å². The van der Waals surface area contributed by atoms with Gasteiger partial charge in [-0.25, -0.2) is 9.97 Å². The van der Waals surface area contributed by atoms with Crippen molar-refractivity contribution in [1.29, 1.82) is 0 Å². The van der Waals surface area contributed by atoms with Crippen LogP contribution in [0.2, 0.25) is 0 Å². The average molecular weight is 360 g/mol. The second-order valence-corrected chi connectivity index (χ2v) is 5.81. The van der Waals surface area contributed by atoms with Crippen molar-refractivity contribution in [2.24, 2.45) is 0 Å². The van der Waals surface area contributed by atoms with E-state index >= 15 is 0 Å². The van der Waals surface area contributed by atoms with Gasteiger partial charge < -0.3 is 4.42 Å². The summed E-state index contributed by atoms with van der Waals surface area (Å²) in [5, 5.41) is 2.04. The predicted molar refractivity (Wildman–Crippen MR) is 96.5 cm³/mol. The van der Waals surface area contributed by atoms with Crippen LogP contribution in [0.25, 0.3) is 16.4 Å². The SMILES string of the molecule is CN(c1ccco1)c1nc(-n2ccnc2)ncc1-c1cccs1.Cl. The zero-order chi connectivity index (χ0) is 15.6. The summed E-state index contributed by atoms with van der Waals surface area (Å²) in [6.07, 6.45) is 8.68. The molecule has 0 unspecified atom stereocenters. The number of furan rings is 1. The van der Waals surface area contributed by atoms with Gasteiger partial charge in [-0.05, 0) is 17.5 Å². The summed E-state index contributed by atoms with van der Waals surface area (Å²) in [5.74, 6) is 2.07. The third-order valence-electron chi connectivity index (χ3n) is 3.43. The Kier molecular flexibility index (Phi) is 4.64. The molecule has 122 valence electrons. The van der Waals surface area contributed by atoms with Crippen molar-refractivity contribution in [2.45, 2.75) is 0 Å². The molecular weight excluding hydrogens is 346 g/mol. The Morgan fingerprint density at radius 3 is 2.83 bits per heavy atom. The van der Waals surface area contributed by atoms with E-state index in [-0.39, 0.29) is 12.4 Å². The summed E-state index contributed by atoms with van der Waals surface area (Å²) in [4.78, 5) is 16.2. The number of thiophene rings is 1. The van der Waals surface area contributed by atoms with Gasteiger partial charge in [-0.15, -0.1) is 23.7 Å². The smallest absolute Gasteiger partial charge is 0.236 e. The van der Waals surface area contributed by atoms with Crippen LogP contribution in [-0.4, -0.2) is 26.6 Å². The normalized spacial score (nSPS) is 10.4. The van der Waals surface area contributed by atoms with Gasteiger partial charge in [-0.1, -0.05) is 6.07 Å². The minimum atomic E-state index is 0. The van der Waals surface area contributed by atoms with Gasteiger partial charge in [0.2, 0.25) is 11.8 Å². The number of imidazole rings is 1. The molecule has 0 fully saturated rings. The summed E-state index contributed by atoms with van der Waals surface area (Å²) in [5.41, 5.74) is 0.961. The van der Waals surface area contributed by atoms with Crippen LogP contribution in [0.5, 0.6) is 0 Å². The van der Waals surface area contributed by atoms with Crippen molar-refractivity contribution in [2.75, 3.05) is 11.9 Å². The second-order valence-electron chi connectivity index (χ2n) is 4.86. The van der Waals surface area contributed by atoms with Crippen LogP contribution in [0.4, 0.5) is 11.7 Å². The molecule has 0 aromatic carbocycles. The van der Waals surface area contributed by atoms with E-state index in [0.29, 0.717) is 5.95 Å². The molecule has 4 aromatic rings. The minimum Gasteiger partial charge on any atom is -0.448 e. The largest absolute Gasteiger partial charge is 0.448 e. The number of aromatic nitrogens is 4. The summed E-state index contributed by atoms with van der Waals surface area (Å²) in [7, 11) is 1.93. The Bertz CT molecular complexity index is 891. The number of nitrogens with zero attached hydrogens (tertiary/aromatic N) is 5. The third-order valence-corrected chi connectivity index (χ3v) is 4.34. The summed E-state index contributed by atoms with van der Waals surface area (Å²) in [6.45, 7) is 0. The van der Waals surface area contributed by atoms with Gasteiger partial charge in [0.05, 0.1) is 11.8 Å². The van der Waals surface area contributed by atoms with Gasteiger partial charge in [0, 0.05) is 36.6 Å². The van der Waals surface area contributed by atoms with E-state index in [2.05, 4.69) is 16.0 Å². The van der Waals surface area contributed by atoms with Gasteiger partial charge in [0.1, 0.15) is 12.1 Å². The van der Waals surface area contributed by atoms with Gasteiger partial charge >= 0.3 is 0 Å². The van der Waals surface area contributed by atoms with Crippen LogP contribution in [-0.2, 0) is 0 Å². The zero-order valence-electron chi connectivity index (χ0n) is 12.7. The molecule has 6 nitrogen and oxygen atoms in total. The van der Waals surface area contributed by atoms with Crippen LogP contribution < -0.4 is 4.90 Å². The maximum atomic E-state index is 5.50. The number of halogens is 1. The van der Waals surface area contributed by atoms with Gasteiger partial charge in [0.25, 0.3) is 0 Å². The standard InChI is InChI=1S/C16H13N5OS.ClH/c1-20(14-5-2-8-22-14)15-12(13-4-3-9-23-13)10-18-16(19-15)21-7-6-17-11-21;/h2-11H,1H3;1H. The molecule has 0 amide bonds. The molecular formula is C16H14ClN5OS. The monoisotopic (exact) mass is 359 g/mol. The van der Waals surface area contributed by atoms with Crippen LogP contribution in [0.1, 0.15) is 0 Å². The molecule has 0 N–H and O–H groups in total. The average Bonchev–Trinajstić information content (AvgIpc) is 3.37. The van der Waals surface area contributed by atoms with Crippen molar-refractivity contribution in [3.8, 4) is 16.4 Å². The lowest BCUT2D eigenvalue weighted by atomic mass is 10.2. The minimum absolute atomic E-state index is 0. The van der Waals surface area contributed by atoms with Crippen molar-refractivity contribution < 1.29 is 4.42 Å². The number of anilines is 2. The predicted octanol–water partition coefficient (Wildman–Crippen LogP) is 4.17. The lowest BCUT2D eigenvalue weighted by Gasteiger charge is -2.18. The molecule has 0 saturated heterocycles. The molecule has 0 spiro atoms. The van der Waals surface area contributed by atoms with E-state index in [0.717, 1.165) is 22.1 Å². The molecule has 0 aliphatic carbocycles. The van der Waals surface area contributed by atoms with E-state index in [4.69, 9.17) is 9.40 Å².